The van der Waals surface area contributed by atoms with Crippen molar-refractivity contribution in [1.29, 1.82) is 5.26 Å². The van der Waals surface area contributed by atoms with Crippen LogP contribution >= 0.6 is 0 Å². The Morgan fingerprint density at radius 2 is 1.79 bits per heavy atom. The first-order valence-corrected chi connectivity index (χ1v) is 5.85. The molecule has 2 rings (SSSR count). The second-order valence-corrected chi connectivity index (χ2v) is 3.90. The Morgan fingerprint density at radius 1 is 1.11 bits per heavy atom. The molecule has 0 unspecified atom stereocenters. The van der Waals surface area contributed by atoms with Crippen LogP contribution in [0.15, 0.2) is 54.6 Å². The van der Waals surface area contributed by atoms with E-state index in [4.69, 9.17) is 5.26 Å². The molecule has 4 nitrogen and oxygen atoms in total. The van der Waals surface area contributed by atoms with Gasteiger partial charge in [-0.3, -0.25) is 9.69 Å². The third-order valence-electron chi connectivity index (χ3n) is 2.63. The number of benzene rings is 2. The number of para-hydroxylation sites is 3. The number of hydrogen-bond donors (Lipinski definition) is 1. The third kappa shape index (κ3) is 3.11. The van der Waals surface area contributed by atoms with Gasteiger partial charge in [-0.1, -0.05) is 30.3 Å². The maximum Gasteiger partial charge on any atom is 0.215 e. The van der Waals surface area contributed by atoms with Gasteiger partial charge in [-0.15, -0.1) is 0 Å². The Hall–Kier alpha value is -2.80. The van der Waals surface area contributed by atoms with Gasteiger partial charge in [-0.2, -0.15) is 5.26 Å². The molecule has 1 amide bonds. The van der Waals surface area contributed by atoms with E-state index in [-0.39, 0.29) is 6.54 Å². The zero-order valence-corrected chi connectivity index (χ0v) is 10.3. The topological polar surface area (TPSA) is 56.1 Å². The van der Waals surface area contributed by atoms with Crippen LogP contribution in [0.5, 0.6) is 0 Å². The maximum atomic E-state index is 11.0. The number of rotatable bonds is 5. The summed E-state index contributed by atoms with van der Waals surface area (Å²) in [7, 11) is 0. The van der Waals surface area contributed by atoms with E-state index in [1.807, 2.05) is 54.6 Å². The Kier molecular flexibility index (Phi) is 4.14. The lowest BCUT2D eigenvalue weighted by atomic mass is 10.2. The van der Waals surface area contributed by atoms with Crippen LogP contribution in [0.4, 0.5) is 17.1 Å². The molecule has 0 aliphatic heterocycles. The number of nitriles is 1. The molecule has 4 heteroatoms. The molecule has 2 aromatic carbocycles. The van der Waals surface area contributed by atoms with Crippen LogP contribution in [0.1, 0.15) is 0 Å². The molecule has 0 saturated carbocycles. The minimum absolute atomic E-state index is 0.0248. The van der Waals surface area contributed by atoms with Crippen molar-refractivity contribution in [1.82, 2.24) is 0 Å². The number of nitrogens with zero attached hydrogens (tertiary/aromatic N) is 2. The molecule has 0 saturated heterocycles. The van der Waals surface area contributed by atoms with Gasteiger partial charge in [0.05, 0.1) is 17.4 Å². The molecule has 1 N–H and O–H groups in total. The number of carbonyl (C=O) groups is 1. The standard InChI is InChI=1S/C15H13N3O/c16-10-11-18(12-19)15-9-5-4-8-14(15)17-13-6-2-1-3-7-13/h1-9,12,17H,11H2. The van der Waals surface area contributed by atoms with Crippen molar-refractivity contribution in [3.8, 4) is 6.07 Å². The highest BCUT2D eigenvalue weighted by molar-refractivity contribution is 5.85. The van der Waals surface area contributed by atoms with E-state index in [0.717, 1.165) is 11.4 Å². The first-order chi connectivity index (χ1) is 9.35. The molecule has 0 fully saturated rings. The summed E-state index contributed by atoms with van der Waals surface area (Å²) in [5.41, 5.74) is 2.40. The van der Waals surface area contributed by atoms with Gasteiger partial charge in [-0.25, -0.2) is 0 Å². The van der Waals surface area contributed by atoms with Crippen molar-refractivity contribution in [2.75, 3.05) is 16.8 Å². The number of hydrogen-bond acceptors (Lipinski definition) is 3. The first kappa shape index (κ1) is 12.7. The van der Waals surface area contributed by atoms with Crippen molar-refractivity contribution >= 4 is 23.5 Å². The molecular weight excluding hydrogens is 238 g/mol. The summed E-state index contributed by atoms with van der Waals surface area (Å²) in [6.45, 7) is 0.0248. The predicted octanol–water partition coefficient (Wildman–Crippen LogP) is 2.92. The van der Waals surface area contributed by atoms with Crippen LogP contribution in [0.25, 0.3) is 0 Å². The number of anilines is 3. The van der Waals surface area contributed by atoms with Gasteiger partial charge in [0.15, 0.2) is 0 Å². The van der Waals surface area contributed by atoms with E-state index in [1.54, 1.807) is 6.07 Å². The second kappa shape index (κ2) is 6.22. The molecule has 0 aliphatic rings. The minimum Gasteiger partial charge on any atom is -0.354 e. The van der Waals surface area contributed by atoms with Gasteiger partial charge in [0, 0.05) is 5.69 Å². The average Bonchev–Trinajstić information content (AvgIpc) is 2.47. The van der Waals surface area contributed by atoms with Crippen LogP contribution < -0.4 is 10.2 Å². The molecule has 19 heavy (non-hydrogen) atoms. The molecule has 0 heterocycles. The molecule has 0 spiro atoms. The summed E-state index contributed by atoms with van der Waals surface area (Å²) < 4.78 is 0. The van der Waals surface area contributed by atoms with Crippen molar-refractivity contribution in [3.05, 3.63) is 54.6 Å². The van der Waals surface area contributed by atoms with Crippen LogP contribution in [0.2, 0.25) is 0 Å². The Morgan fingerprint density at radius 3 is 2.47 bits per heavy atom. The molecule has 0 aliphatic carbocycles. The minimum atomic E-state index is 0.0248. The second-order valence-electron chi connectivity index (χ2n) is 3.90. The van der Waals surface area contributed by atoms with Gasteiger partial charge in [0.25, 0.3) is 0 Å². The van der Waals surface area contributed by atoms with Crippen LogP contribution in [-0.2, 0) is 4.79 Å². The van der Waals surface area contributed by atoms with E-state index in [0.29, 0.717) is 12.1 Å². The average molecular weight is 251 g/mol. The van der Waals surface area contributed by atoms with Gasteiger partial charge < -0.3 is 5.32 Å². The third-order valence-corrected chi connectivity index (χ3v) is 2.63. The van der Waals surface area contributed by atoms with Crippen molar-refractivity contribution in [2.24, 2.45) is 0 Å². The summed E-state index contributed by atoms with van der Waals surface area (Å²) in [6, 6.07) is 19.0. The largest absolute Gasteiger partial charge is 0.354 e. The highest BCUT2D eigenvalue weighted by Gasteiger charge is 2.09. The quantitative estimate of drug-likeness (QED) is 0.656. The van der Waals surface area contributed by atoms with Gasteiger partial charge in [0.2, 0.25) is 6.41 Å². The molecule has 94 valence electrons. The highest BCUT2D eigenvalue weighted by Crippen LogP contribution is 2.27. The summed E-state index contributed by atoms with van der Waals surface area (Å²) in [5.74, 6) is 0. The van der Waals surface area contributed by atoms with Gasteiger partial charge >= 0.3 is 0 Å². The Balaban J connectivity index is 2.31. The van der Waals surface area contributed by atoms with Crippen LogP contribution in [-0.4, -0.2) is 13.0 Å². The lowest BCUT2D eigenvalue weighted by Crippen LogP contribution is -2.22. The lowest BCUT2D eigenvalue weighted by Gasteiger charge is -2.18. The number of amides is 1. The zero-order valence-electron chi connectivity index (χ0n) is 10.3. The normalized spacial score (nSPS) is 9.42. The lowest BCUT2D eigenvalue weighted by molar-refractivity contribution is -0.107. The van der Waals surface area contributed by atoms with E-state index in [9.17, 15) is 4.79 Å². The first-order valence-electron chi connectivity index (χ1n) is 5.85. The summed E-state index contributed by atoms with van der Waals surface area (Å²) in [4.78, 5) is 12.4. The van der Waals surface area contributed by atoms with Crippen molar-refractivity contribution in [2.45, 2.75) is 0 Å². The summed E-state index contributed by atoms with van der Waals surface area (Å²) in [6.07, 6.45) is 0.661. The number of nitrogens with one attached hydrogen (secondary N) is 1. The summed E-state index contributed by atoms with van der Waals surface area (Å²) >= 11 is 0. The Bertz CT molecular complexity index is 590. The smallest absolute Gasteiger partial charge is 0.215 e. The Labute approximate surface area is 111 Å². The molecular formula is C15H13N3O. The SMILES string of the molecule is N#CCN(C=O)c1ccccc1Nc1ccccc1. The van der Waals surface area contributed by atoms with Crippen molar-refractivity contribution in [3.63, 3.8) is 0 Å². The molecule has 0 atom stereocenters. The van der Waals surface area contributed by atoms with E-state index < -0.39 is 0 Å². The van der Waals surface area contributed by atoms with Gasteiger partial charge in [0.1, 0.15) is 6.54 Å². The molecule has 0 radical (unpaired) electrons. The molecule has 2 aromatic rings. The fourth-order valence-electron chi connectivity index (χ4n) is 1.76. The number of carbonyl (C=O) groups excluding carboxylic acids is 1. The van der Waals surface area contributed by atoms with E-state index >= 15 is 0 Å². The molecule has 0 bridgehead atoms. The monoisotopic (exact) mass is 251 g/mol. The fraction of sp³-hybridized carbons (Fsp3) is 0.0667. The van der Waals surface area contributed by atoms with Crippen molar-refractivity contribution < 1.29 is 4.79 Å². The van der Waals surface area contributed by atoms with Gasteiger partial charge in [-0.05, 0) is 24.3 Å². The van der Waals surface area contributed by atoms with E-state index in [2.05, 4.69) is 5.32 Å². The van der Waals surface area contributed by atoms with E-state index in [1.165, 1.54) is 4.90 Å². The maximum absolute atomic E-state index is 11.0. The fourth-order valence-corrected chi connectivity index (χ4v) is 1.76. The predicted molar refractivity (Wildman–Crippen MR) is 75.2 cm³/mol. The molecule has 0 aromatic heterocycles. The zero-order chi connectivity index (χ0) is 13.5. The van der Waals surface area contributed by atoms with Crippen LogP contribution in [0.3, 0.4) is 0 Å². The van der Waals surface area contributed by atoms with Crippen LogP contribution in [0, 0.1) is 11.3 Å². The highest BCUT2D eigenvalue weighted by atomic mass is 16.1. The summed E-state index contributed by atoms with van der Waals surface area (Å²) in [5, 5.41) is 12.0.